The lowest BCUT2D eigenvalue weighted by Crippen LogP contribution is -2.24. The van der Waals surface area contributed by atoms with Gasteiger partial charge in [0.05, 0.1) is 19.0 Å². The Morgan fingerprint density at radius 2 is 2.19 bits per heavy atom. The molecule has 0 spiro atoms. The van der Waals surface area contributed by atoms with E-state index in [4.69, 9.17) is 10.5 Å². The normalized spacial score (nSPS) is 11.0. The standard InChI is InChI=1S/C13H13N5O2S/c1-7-5-10(19)18(13(15-7)20-2)6-9-16-11(14)8-3-4-21-12(8)17-9/h3-5H,6H2,1-2H3,(H2,14,16,17). The number of rotatable bonds is 3. The molecule has 21 heavy (non-hydrogen) atoms. The van der Waals surface area contributed by atoms with Crippen molar-refractivity contribution >= 4 is 27.4 Å². The van der Waals surface area contributed by atoms with Crippen LogP contribution in [0.4, 0.5) is 5.82 Å². The van der Waals surface area contributed by atoms with Crippen LogP contribution in [0.1, 0.15) is 11.5 Å². The average molecular weight is 303 g/mol. The lowest BCUT2D eigenvalue weighted by Gasteiger charge is -2.10. The van der Waals surface area contributed by atoms with Crippen LogP contribution in [0.3, 0.4) is 0 Å². The molecule has 3 aromatic rings. The van der Waals surface area contributed by atoms with Gasteiger partial charge >= 0.3 is 0 Å². The van der Waals surface area contributed by atoms with Crippen LogP contribution >= 0.6 is 11.3 Å². The van der Waals surface area contributed by atoms with Gasteiger partial charge in [-0.2, -0.15) is 0 Å². The first-order valence-corrected chi connectivity index (χ1v) is 7.08. The predicted molar refractivity (Wildman–Crippen MR) is 80.7 cm³/mol. The van der Waals surface area contributed by atoms with Gasteiger partial charge in [-0.25, -0.2) is 15.0 Å². The molecule has 3 heterocycles. The van der Waals surface area contributed by atoms with Gasteiger partial charge in [-0.1, -0.05) is 0 Å². The van der Waals surface area contributed by atoms with Gasteiger partial charge in [0.1, 0.15) is 10.6 Å². The number of anilines is 1. The maximum absolute atomic E-state index is 12.1. The van der Waals surface area contributed by atoms with E-state index < -0.39 is 0 Å². The second-order valence-corrected chi connectivity index (χ2v) is 5.37. The van der Waals surface area contributed by atoms with Crippen molar-refractivity contribution in [1.29, 1.82) is 0 Å². The molecule has 0 aliphatic rings. The van der Waals surface area contributed by atoms with Gasteiger partial charge in [0.25, 0.3) is 11.6 Å². The van der Waals surface area contributed by atoms with Crippen molar-refractivity contribution < 1.29 is 4.74 Å². The molecule has 0 unspecified atom stereocenters. The van der Waals surface area contributed by atoms with Crippen molar-refractivity contribution in [2.75, 3.05) is 12.8 Å². The van der Waals surface area contributed by atoms with E-state index in [0.29, 0.717) is 17.3 Å². The van der Waals surface area contributed by atoms with Gasteiger partial charge in [-0.05, 0) is 18.4 Å². The smallest absolute Gasteiger partial charge is 0.299 e. The van der Waals surface area contributed by atoms with Gasteiger partial charge in [0, 0.05) is 11.8 Å². The summed E-state index contributed by atoms with van der Waals surface area (Å²) in [6.45, 7) is 1.90. The Kier molecular flexibility index (Phi) is 3.30. The van der Waals surface area contributed by atoms with Gasteiger partial charge in [-0.3, -0.25) is 9.36 Å². The second-order valence-electron chi connectivity index (χ2n) is 4.47. The van der Waals surface area contributed by atoms with E-state index in [9.17, 15) is 4.79 Å². The fraction of sp³-hybridized carbons (Fsp3) is 0.231. The summed E-state index contributed by atoms with van der Waals surface area (Å²) in [7, 11) is 1.47. The molecule has 0 radical (unpaired) electrons. The zero-order chi connectivity index (χ0) is 15.0. The molecule has 3 aromatic heterocycles. The van der Waals surface area contributed by atoms with E-state index in [1.807, 2.05) is 11.4 Å². The Morgan fingerprint density at radius 3 is 2.95 bits per heavy atom. The molecule has 3 rings (SSSR count). The molecule has 0 atom stereocenters. The van der Waals surface area contributed by atoms with Gasteiger partial charge in [-0.15, -0.1) is 11.3 Å². The molecule has 0 aliphatic carbocycles. The molecule has 8 heteroatoms. The highest BCUT2D eigenvalue weighted by molar-refractivity contribution is 7.16. The number of methoxy groups -OCH3 is 1. The summed E-state index contributed by atoms with van der Waals surface area (Å²) in [6, 6.07) is 3.54. The molecule has 0 aromatic carbocycles. The summed E-state index contributed by atoms with van der Waals surface area (Å²) in [5.41, 5.74) is 6.29. The molecule has 0 saturated carbocycles. The van der Waals surface area contributed by atoms with E-state index in [1.165, 1.54) is 29.1 Å². The number of nitrogens with zero attached hydrogens (tertiary/aromatic N) is 4. The third-order valence-corrected chi connectivity index (χ3v) is 3.79. The highest BCUT2D eigenvalue weighted by Gasteiger charge is 2.12. The Bertz CT molecular complexity index is 871. The Balaban J connectivity index is 2.08. The summed E-state index contributed by atoms with van der Waals surface area (Å²) < 4.78 is 6.53. The monoisotopic (exact) mass is 303 g/mol. The van der Waals surface area contributed by atoms with Crippen LogP contribution < -0.4 is 16.0 Å². The quantitative estimate of drug-likeness (QED) is 0.781. The van der Waals surface area contributed by atoms with Gasteiger partial charge in [0.2, 0.25) is 0 Å². The van der Waals surface area contributed by atoms with E-state index in [0.717, 1.165) is 10.2 Å². The number of nitrogen functional groups attached to an aromatic ring is 1. The topological polar surface area (TPSA) is 95.9 Å². The lowest BCUT2D eigenvalue weighted by atomic mass is 10.4. The minimum absolute atomic E-state index is 0.160. The summed E-state index contributed by atoms with van der Waals surface area (Å²) in [5.74, 6) is 0.858. The molecular weight excluding hydrogens is 290 g/mol. The number of aryl methyl sites for hydroxylation is 1. The van der Waals surface area contributed by atoms with Crippen LogP contribution in [-0.4, -0.2) is 26.6 Å². The fourth-order valence-corrected chi connectivity index (χ4v) is 2.82. The Hall–Kier alpha value is -2.48. The van der Waals surface area contributed by atoms with E-state index in [1.54, 1.807) is 6.92 Å². The second kappa shape index (κ2) is 5.13. The minimum Gasteiger partial charge on any atom is -0.468 e. The summed E-state index contributed by atoms with van der Waals surface area (Å²) in [4.78, 5) is 25.7. The minimum atomic E-state index is -0.215. The van der Waals surface area contributed by atoms with Gasteiger partial charge < -0.3 is 10.5 Å². The summed E-state index contributed by atoms with van der Waals surface area (Å²) in [5, 5.41) is 2.73. The maximum atomic E-state index is 12.1. The molecule has 2 N–H and O–H groups in total. The summed E-state index contributed by atoms with van der Waals surface area (Å²) in [6.07, 6.45) is 0. The Morgan fingerprint density at radius 1 is 1.38 bits per heavy atom. The first-order chi connectivity index (χ1) is 10.1. The van der Waals surface area contributed by atoms with Crippen molar-refractivity contribution in [3.05, 3.63) is 39.4 Å². The highest BCUT2D eigenvalue weighted by atomic mass is 32.1. The molecule has 0 aliphatic heterocycles. The molecule has 0 amide bonds. The maximum Gasteiger partial charge on any atom is 0.299 e. The van der Waals surface area contributed by atoms with Crippen LogP contribution in [-0.2, 0) is 6.54 Å². The van der Waals surface area contributed by atoms with Crippen LogP contribution in [0.5, 0.6) is 6.01 Å². The van der Waals surface area contributed by atoms with Crippen molar-refractivity contribution in [2.24, 2.45) is 0 Å². The van der Waals surface area contributed by atoms with E-state index >= 15 is 0 Å². The number of hydrogen-bond donors (Lipinski definition) is 1. The number of nitrogens with two attached hydrogens (primary N) is 1. The van der Waals surface area contributed by atoms with E-state index in [2.05, 4.69) is 15.0 Å². The first kappa shape index (κ1) is 13.5. The third kappa shape index (κ3) is 2.45. The molecule has 7 nitrogen and oxygen atoms in total. The number of hydrogen-bond acceptors (Lipinski definition) is 7. The summed E-state index contributed by atoms with van der Waals surface area (Å²) >= 11 is 1.48. The van der Waals surface area contributed by atoms with Crippen molar-refractivity contribution in [2.45, 2.75) is 13.5 Å². The molecule has 0 fully saturated rings. The van der Waals surface area contributed by atoms with Crippen molar-refractivity contribution in [1.82, 2.24) is 19.5 Å². The van der Waals surface area contributed by atoms with Crippen LogP contribution in [0, 0.1) is 6.92 Å². The SMILES string of the molecule is COc1nc(C)cc(=O)n1Cc1nc(N)c2ccsc2n1. The predicted octanol–water partition coefficient (Wildman–Crippen LogP) is 1.20. The molecular formula is C13H13N5O2S. The largest absolute Gasteiger partial charge is 0.468 e. The number of aromatic nitrogens is 4. The highest BCUT2D eigenvalue weighted by Crippen LogP contribution is 2.23. The van der Waals surface area contributed by atoms with Crippen molar-refractivity contribution in [3.8, 4) is 6.01 Å². The van der Waals surface area contributed by atoms with Crippen LogP contribution in [0.2, 0.25) is 0 Å². The zero-order valence-electron chi connectivity index (χ0n) is 11.5. The van der Waals surface area contributed by atoms with Crippen LogP contribution in [0.25, 0.3) is 10.2 Å². The number of ether oxygens (including phenoxy) is 1. The number of fused-ring (bicyclic) bond motifs is 1. The van der Waals surface area contributed by atoms with Crippen molar-refractivity contribution in [3.63, 3.8) is 0 Å². The average Bonchev–Trinajstić information content (AvgIpc) is 2.90. The molecule has 0 saturated heterocycles. The van der Waals surface area contributed by atoms with Crippen LogP contribution in [0.15, 0.2) is 22.3 Å². The first-order valence-electron chi connectivity index (χ1n) is 6.20. The lowest BCUT2D eigenvalue weighted by molar-refractivity contribution is 0.348. The Labute approximate surface area is 124 Å². The molecule has 108 valence electrons. The third-order valence-electron chi connectivity index (χ3n) is 2.98. The fourth-order valence-electron chi connectivity index (χ4n) is 2.03. The number of thiophene rings is 1. The van der Waals surface area contributed by atoms with E-state index in [-0.39, 0.29) is 18.1 Å². The molecule has 0 bridgehead atoms. The zero-order valence-corrected chi connectivity index (χ0v) is 12.3. The van der Waals surface area contributed by atoms with Gasteiger partial charge in [0.15, 0.2) is 5.82 Å².